The number of rotatable bonds is 7. The van der Waals surface area contributed by atoms with Crippen molar-refractivity contribution in [2.24, 2.45) is 0 Å². The molecule has 7 heteroatoms. The fraction of sp³-hybridized carbons (Fsp3) is 0.346. The van der Waals surface area contributed by atoms with Crippen molar-refractivity contribution < 1.29 is 13.2 Å². The summed E-state index contributed by atoms with van der Waals surface area (Å²) >= 11 is 0. The topological polar surface area (TPSA) is 62.6 Å². The summed E-state index contributed by atoms with van der Waals surface area (Å²) in [6.07, 6.45) is 0.644. The molecule has 4 rings (SSSR count). The number of sulfonamides is 1. The van der Waals surface area contributed by atoms with E-state index in [1.165, 1.54) is 9.87 Å². The van der Waals surface area contributed by atoms with E-state index in [-0.39, 0.29) is 5.91 Å². The number of hydrogen-bond acceptors (Lipinski definition) is 3. The molecular formula is C26H31N3O3S. The maximum Gasteiger partial charge on any atom is 0.260 e. The van der Waals surface area contributed by atoms with Gasteiger partial charge in [-0.3, -0.25) is 4.79 Å². The maximum absolute atomic E-state index is 13.5. The Bertz CT molecular complexity index is 1280. The summed E-state index contributed by atoms with van der Waals surface area (Å²) in [5, 5.41) is 0. The Hall–Kier alpha value is -2.90. The van der Waals surface area contributed by atoms with Crippen molar-refractivity contribution in [3.63, 3.8) is 0 Å². The fourth-order valence-electron chi connectivity index (χ4n) is 4.63. The molecule has 0 saturated carbocycles. The van der Waals surface area contributed by atoms with Gasteiger partial charge >= 0.3 is 0 Å². The van der Waals surface area contributed by atoms with Crippen LogP contribution in [0.3, 0.4) is 0 Å². The summed E-state index contributed by atoms with van der Waals surface area (Å²) in [6.45, 7) is 9.81. The molecule has 0 bridgehead atoms. The number of carbonyl (C=O) groups excluding carboxylic acids is 1. The minimum Gasteiger partial charge on any atom is -0.344 e. The van der Waals surface area contributed by atoms with Crippen LogP contribution in [0.15, 0.2) is 59.5 Å². The molecule has 2 heterocycles. The van der Waals surface area contributed by atoms with Gasteiger partial charge in [0.25, 0.3) is 5.91 Å². The number of aromatic nitrogens is 1. The number of anilines is 1. The highest BCUT2D eigenvalue weighted by Gasteiger charge is 2.30. The molecule has 0 unspecified atom stereocenters. The van der Waals surface area contributed by atoms with Crippen LogP contribution in [0.1, 0.15) is 46.7 Å². The van der Waals surface area contributed by atoms with Crippen LogP contribution < -0.4 is 4.90 Å². The molecule has 0 N–H and O–H groups in total. The molecule has 0 saturated heterocycles. The van der Waals surface area contributed by atoms with E-state index in [4.69, 9.17) is 0 Å². The third-order valence-corrected chi connectivity index (χ3v) is 8.57. The van der Waals surface area contributed by atoms with Crippen LogP contribution in [0.25, 0.3) is 0 Å². The van der Waals surface area contributed by atoms with Gasteiger partial charge in [-0.05, 0) is 55.7 Å². The molecule has 1 aromatic heterocycles. The van der Waals surface area contributed by atoms with E-state index in [1.54, 1.807) is 23.1 Å². The molecule has 2 aromatic carbocycles. The average molecular weight is 466 g/mol. The van der Waals surface area contributed by atoms with Gasteiger partial charge in [-0.1, -0.05) is 44.2 Å². The SMILES string of the molecule is CCN(CC)S(=O)(=O)c1ccc2c(c1)CCN2C(=O)c1cc(C)n(Cc2ccccc2)c1C. The molecule has 1 aliphatic heterocycles. The summed E-state index contributed by atoms with van der Waals surface area (Å²) in [4.78, 5) is 15.6. The molecule has 1 amide bonds. The first kappa shape index (κ1) is 23.3. The Kier molecular flexibility index (Phi) is 6.45. The number of carbonyl (C=O) groups is 1. The first-order valence-corrected chi connectivity index (χ1v) is 12.9. The molecule has 0 spiro atoms. The lowest BCUT2D eigenvalue weighted by Gasteiger charge is -2.20. The maximum atomic E-state index is 13.5. The van der Waals surface area contributed by atoms with Crippen LogP contribution in [0.5, 0.6) is 0 Å². The summed E-state index contributed by atoms with van der Waals surface area (Å²) in [7, 11) is -3.52. The van der Waals surface area contributed by atoms with E-state index in [1.807, 2.05) is 52.0 Å². The van der Waals surface area contributed by atoms with E-state index in [0.717, 1.165) is 29.2 Å². The number of fused-ring (bicyclic) bond motifs is 1. The lowest BCUT2D eigenvalue weighted by Crippen LogP contribution is -2.31. The Morgan fingerprint density at radius 2 is 1.70 bits per heavy atom. The average Bonchev–Trinajstić information content (AvgIpc) is 3.36. The highest BCUT2D eigenvalue weighted by molar-refractivity contribution is 7.89. The van der Waals surface area contributed by atoms with Gasteiger partial charge in [-0.25, -0.2) is 8.42 Å². The Morgan fingerprint density at radius 3 is 2.36 bits per heavy atom. The van der Waals surface area contributed by atoms with Gasteiger partial charge in [0, 0.05) is 43.3 Å². The van der Waals surface area contributed by atoms with E-state index >= 15 is 0 Å². The van der Waals surface area contributed by atoms with Crippen LogP contribution in [-0.2, 0) is 23.0 Å². The Labute approximate surface area is 196 Å². The normalized spacial score (nSPS) is 13.5. The second-order valence-electron chi connectivity index (χ2n) is 8.44. The summed E-state index contributed by atoms with van der Waals surface area (Å²) < 4.78 is 29.4. The predicted molar refractivity (Wildman–Crippen MR) is 131 cm³/mol. The van der Waals surface area contributed by atoms with Crippen molar-refractivity contribution in [2.45, 2.75) is 45.6 Å². The zero-order chi connectivity index (χ0) is 23.8. The zero-order valence-electron chi connectivity index (χ0n) is 19.7. The van der Waals surface area contributed by atoms with Crippen molar-refractivity contribution in [3.8, 4) is 0 Å². The molecule has 3 aromatic rings. The fourth-order valence-corrected chi connectivity index (χ4v) is 6.14. The van der Waals surface area contributed by atoms with Crippen molar-refractivity contribution in [1.29, 1.82) is 0 Å². The van der Waals surface area contributed by atoms with Gasteiger partial charge in [-0.15, -0.1) is 0 Å². The molecule has 0 fully saturated rings. The third kappa shape index (κ3) is 4.23. The molecule has 33 heavy (non-hydrogen) atoms. The molecule has 0 radical (unpaired) electrons. The van der Waals surface area contributed by atoms with Crippen LogP contribution in [0.2, 0.25) is 0 Å². The van der Waals surface area contributed by atoms with E-state index in [2.05, 4.69) is 16.7 Å². The standard InChI is InChI=1S/C26H31N3O3S/c1-5-27(6-2)33(31,32)23-12-13-25-22(17-23)14-15-28(25)26(30)24-16-19(3)29(20(24)4)18-21-10-8-7-9-11-21/h7-13,16-17H,5-6,14-15,18H2,1-4H3. The first-order valence-electron chi connectivity index (χ1n) is 11.4. The molecule has 0 atom stereocenters. The van der Waals surface area contributed by atoms with Crippen LogP contribution in [0, 0.1) is 13.8 Å². The van der Waals surface area contributed by atoms with E-state index in [0.29, 0.717) is 36.5 Å². The zero-order valence-corrected chi connectivity index (χ0v) is 20.5. The number of benzene rings is 2. The Morgan fingerprint density at radius 1 is 1.00 bits per heavy atom. The van der Waals surface area contributed by atoms with E-state index < -0.39 is 10.0 Å². The molecule has 174 valence electrons. The monoisotopic (exact) mass is 465 g/mol. The second kappa shape index (κ2) is 9.15. The minimum atomic E-state index is -3.52. The first-order chi connectivity index (χ1) is 15.8. The van der Waals surface area contributed by atoms with Gasteiger partial charge in [0.15, 0.2) is 0 Å². The van der Waals surface area contributed by atoms with Crippen LogP contribution >= 0.6 is 0 Å². The second-order valence-corrected chi connectivity index (χ2v) is 10.4. The highest BCUT2D eigenvalue weighted by atomic mass is 32.2. The number of hydrogen-bond donors (Lipinski definition) is 0. The smallest absolute Gasteiger partial charge is 0.260 e. The molecule has 0 aliphatic carbocycles. The highest BCUT2D eigenvalue weighted by Crippen LogP contribution is 2.33. The van der Waals surface area contributed by atoms with Gasteiger partial charge in [0.05, 0.1) is 10.5 Å². The lowest BCUT2D eigenvalue weighted by atomic mass is 10.1. The quantitative estimate of drug-likeness (QED) is 0.520. The molecule has 6 nitrogen and oxygen atoms in total. The van der Waals surface area contributed by atoms with Gasteiger partial charge < -0.3 is 9.47 Å². The van der Waals surface area contributed by atoms with Crippen molar-refractivity contribution in [1.82, 2.24) is 8.87 Å². The lowest BCUT2D eigenvalue weighted by molar-refractivity contribution is 0.0988. The summed E-state index contributed by atoms with van der Waals surface area (Å²) in [6, 6.07) is 17.3. The van der Waals surface area contributed by atoms with Crippen molar-refractivity contribution in [3.05, 3.63) is 82.7 Å². The number of aryl methyl sites for hydroxylation is 1. The van der Waals surface area contributed by atoms with Crippen LogP contribution in [0.4, 0.5) is 5.69 Å². The van der Waals surface area contributed by atoms with Gasteiger partial charge in [-0.2, -0.15) is 4.31 Å². The third-order valence-electron chi connectivity index (χ3n) is 6.52. The van der Waals surface area contributed by atoms with Crippen LogP contribution in [-0.4, -0.2) is 42.8 Å². The molecule has 1 aliphatic rings. The Balaban J connectivity index is 1.62. The minimum absolute atomic E-state index is 0.0412. The largest absolute Gasteiger partial charge is 0.344 e. The van der Waals surface area contributed by atoms with E-state index in [9.17, 15) is 13.2 Å². The van der Waals surface area contributed by atoms with Gasteiger partial charge in [0.1, 0.15) is 0 Å². The predicted octanol–water partition coefficient (Wildman–Crippen LogP) is 4.39. The number of amides is 1. The van der Waals surface area contributed by atoms with Gasteiger partial charge in [0.2, 0.25) is 10.0 Å². The molecular weight excluding hydrogens is 434 g/mol. The summed E-state index contributed by atoms with van der Waals surface area (Å²) in [5.41, 5.74) is 5.55. The summed E-state index contributed by atoms with van der Waals surface area (Å²) in [5.74, 6) is -0.0412. The van der Waals surface area contributed by atoms with Crippen molar-refractivity contribution in [2.75, 3.05) is 24.5 Å². The van der Waals surface area contributed by atoms with Crippen molar-refractivity contribution >= 4 is 21.6 Å². The number of nitrogens with zero attached hydrogens (tertiary/aromatic N) is 3.